The standard InChI is InChI=1S/C5H14NP/c1-5(2,4-7)6-3/h6H,4,7H2,1-3H3. The second kappa shape index (κ2) is 2.64. The predicted octanol–water partition coefficient (Wildman–Crippen LogP) is 0.859. The molecule has 0 aliphatic carbocycles. The van der Waals surface area contributed by atoms with Crippen LogP contribution in [0.25, 0.3) is 0 Å². The van der Waals surface area contributed by atoms with Crippen LogP contribution in [0.3, 0.4) is 0 Å². The van der Waals surface area contributed by atoms with Gasteiger partial charge < -0.3 is 5.32 Å². The lowest BCUT2D eigenvalue weighted by Gasteiger charge is -2.20. The van der Waals surface area contributed by atoms with Crippen LogP contribution in [-0.2, 0) is 0 Å². The molecule has 0 radical (unpaired) electrons. The van der Waals surface area contributed by atoms with Gasteiger partial charge in [0.25, 0.3) is 0 Å². The molecule has 0 heterocycles. The SMILES string of the molecule is CNC(C)(C)CP. The fourth-order valence-electron chi connectivity index (χ4n) is 0.102. The highest BCUT2D eigenvalue weighted by Crippen LogP contribution is 2.03. The lowest BCUT2D eigenvalue weighted by Crippen LogP contribution is -2.37. The zero-order valence-electron chi connectivity index (χ0n) is 5.28. The first-order chi connectivity index (χ1) is 3.12. The van der Waals surface area contributed by atoms with E-state index in [1.54, 1.807) is 0 Å². The van der Waals surface area contributed by atoms with E-state index in [1.807, 2.05) is 7.05 Å². The molecule has 0 amide bonds. The molecule has 1 N–H and O–H groups in total. The van der Waals surface area contributed by atoms with Crippen molar-refractivity contribution >= 4 is 9.24 Å². The summed E-state index contributed by atoms with van der Waals surface area (Å²) in [6.45, 7) is 4.33. The molecule has 0 spiro atoms. The minimum atomic E-state index is 0.296. The average Bonchev–Trinajstić information content (AvgIpc) is 1.68. The number of rotatable bonds is 2. The summed E-state index contributed by atoms with van der Waals surface area (Å²) in [6.07, 6.45) is 1.10. The summed E-state index contributed by atoms with van der Waals surface area (Å²) in [6, 6.07) is 0. The average molecular weight is 119 g/mol. The zero-order chi connectivity index (χ0) is 5.91. The van der Waals surface area contributed by atoms with Crippen LogP contribution < -0.4 is 5.32 Å². The van der Waals surface area contributed by atoms with Crippen LogP contribution in [-0.4, -0.2) is 18.7 Å². The maximum Gasteiger partial charge on any atom is 0.0156 e. The van der Waals surface area contributed by atoms with Gasteiger partial charge in [-0.3, -0.25) is 0 Å². The summed E-state index contributed by atoms with van der Waals surface area (Å²) in [5.74, 6) is 0. The van der Waals surface area contributed by atoms with Crippen LogP contribution in [0, 0.1) is 0 Å². The summed E-state index contributed by atoms with van der Waals surface area (Å²) in [5.41, 5.74) is 0.296. The summed E-state index contributed by atoms with van der Waals surface area (Å²) in [7, 11) is 4.68. The van der Waals surface area contributed by atoms with Crippen LogP contribution in [0.1, 0.15) is 13.8 Å². The molecule has 1 unspecified atom stereocenters. The van der Waals surface area contributed by atoms with Crippen molar-refractivity contribution in [2.45, 2.75) is 19.4 Å². The highest BCUT2D eigenvalue weighted by Gasteiger charge is 2.08. The van der Waals surface area contributed by atoms with E-state index >= 15 is 0 Å². The molecule has 0 bridgehead atoms. The van der Waals surface area contributed by atoms with Gasteiger partial charge in [-0.2, -0.15) is 0 Å². The summed E-state index contributed by atoms with van der Waals surface area (Å²) >= 11 is 0. The maximum atomic E-state index is 3.17. The van der Waals surface area contributed by atoms with E-state index in [-0.39, 0.29) is 0 Å². The topological polar surface area (TPSA) is 12.0 Å². The molecule has 1 atom stereocenters. The van der Waals surface area contributed by atoms with Gasteiger partial charge in [-0.25, -0.2) is 0 Å². The van der Waals surface area contributed by atoms with E-state index in [0.29, 0.717) is 5.54 Å². The van der Waals surface area contributed by atoms with E-state index in [2.05, 4.69) is 28.4 Å². The van der Waals surface area contributed by atoms with Gasteiger partial charge in [0.05, 0.1) is 0 Å². The summed E-state index contributed by atoms with van der Waals surface area (Å²) in [4.78, 5) is 0. The molecule has 7 heavy (non-hydrogen) atoms. The van der Waals surface area contributed by atoms with Crippen LogP contribution in [0.4, 0.5) is 0 Å². The molecule has 0 aromatic carbocycles. The second-order valence-corrected chi connectivity index (χ2v) is 2.75. The third-order valence-corrected chi connectivity index (χ3v) is 2.21. The van der Waals surface area contributed by atoms with Crippen molar-refractivity contribution in [3.63, 3.8) is 0 Å². The molecule has 44 valence electrons. The first-order valence-electron chi connectivity index (χ1n) is 2.51. The van der Waals surface area contributed by atoms with Gasteiger partial charge in [-0.15, -0.1) is 9.24 Å². The van der Waals surface area contributed by atoms with Crippen molar-refractivity contribution in [2.24, 2.45) is 0 Å². The van der Waals surface area contributed by atoms with Crippen LogP contribution in [0.15, 0.2) is 0 Å². The van der Waals surface area contributed by atoms with Gasteiger partial charge in [0.15, 0.2) is 0 Å². The largest absolute Gasteiger partial charge is 0.314 e. The molecular formula is C5H14NP. The van der Waals surface area contributed by atoms with E-state index in [9.17, 15) is 0 Å². The third kappa shape index (κ3) is 3.02. The van der Waals surface area contributed by atoms with Crippen molar-refractivity contribution < 1.29 is 0 Å². The van der Waals surface area contributed by atoms with Gasteiger partial charge in [0.1, 0.15) is 0 Å². The fourth-order valence-corrected chi connectivity index (χ4v) is 0.306. The monoisotopic (exact) mass is 119 g/mol. The molecule has 0 saturated carbocycles. The lowest BCUT2D eigenvalue weighted by molar-refractivity contribution is 0.478. The maximum absolute atomic E-state index is 3.17. The summed E-state index contributed by atoms with van der Waals surface area (Å²) in [5, 5.41) is 3.17. The molecule has 0 fully saturated rings. The van der Waals surface area contributed by atoms with Crippen molar-refractivity contribution in [1.29, 1.82) is 0 Å². The van der Waals surface area contributed by atoms with Gasteiger partial charge in [-0.05, 0) is 27.1 Å². The Bertz CT molecular complexity index is 46.0. The Morgan fingerprint density at radius 3 is 2.00 bits per heavy atom. The van der Waals surface area contributed by atoms with Crippen LogP contribution in [0.5, 0.6) is 0 Å². The Labute approximate surface area is 48.1 Å². The highest BCUT2D eigenvalue weighted by atomic mass is 31.0. The number of hydrogen-bond acceptors (Lipinski definition) is 1. The van der Waals surface area contributed by atoms with Crippen molar-refractivity contribution in [3.05, 3.63) is 0 Å². The molecule has 0 aromatic rings. The first-order valence-corrected chi connectivity index (χ1v) is 3.33. The smallest absolute Gasteiger partial charge is 0.0156 e. The van der Waals surface area contributed by atoms with Crippen molar-refractivity contribution in [1.82, 2.24) is 5.32 Å². The molecule has 0 saturated heterocycles. The van der Waals surface area contributed by atoms with Gasteiger partial charge in [0.2, 0.25) is 0 Å². The van der Waals surface area contributed by atoms with Crippen LogP contribution >= 0.6 is 9.24 Å². The van der Waals surface area contributed by atoms with Gasteiger partial charge in [-0.1, -0.05) is 0 Å². The Balaban J connectivity index is 3.36. The molecule has 0 aliphatic rings. The van der Waals surface area contributed by atoms with Gasteiger partial charge >= 0.3 is 0 Å². The van der Waals surface area contributed by atoms with Crippen LogP contribution in [0.2, 0.25) is 0 Å². The quantitative estimate of drug-likeness (QED) is 0.531. The van der Waals surface area contributed by atoms with Gasteiger partial charge in [0, 0.05) is 5.54 Å². The first kappa shape index (κ1) is 7.39. The fraction of sp³-hybridized carbons (Fsp3) is 1.00. The Kier molecular flexibility index (Phi) is 2.78. The number of hydrogen-bond donors (Lipinski definition) is 1. The normalized spacial score (nSPS) is 12.0. The Morgan fingerprint density at radius 1 is 1.57 bits per heavy atom. The Morgan fingerprint density at radius 2 is 2.00 bits per heavy atom. The minimum absolute atomic E-state index is 0.296. The molecule has 0 aromatic heterocycles. The molecule has 1 nitrogen and oxygen atoms in total. The molecule has 0 aliphatic heterocycles. The molecule has 2 heteroatoms. The molecular weight excluding hydrogens is 105 g/mol. The summed E-state index contributed by atoms with van der Waals surface area (Å²) < 4.78 is 0. The van der Waals surface area contributed by atoms with Crippen molar-refractivity contribution in [3.8, 4) is 0 Å². The van der Waals surface area contributed by atoms with E-state index in [4.69, 9.17) is 0 Å². The molecule has 0 rings (SSSR count). The van der Waals surface area contributed by atoms with E-state index in [0.717, 1.165) is 6.16 Å². The lowest BCUT2D eigenvalue weighted by atomic mass is 10.1. The second-order valence-electron chi connectivity index (χ2n) is 2.34. The third-order valence-electron chi connectivity index (χ3n) is 1.19. The number of nitrogens with one attached hydrogen (secondary N) is 1. The Hall–Kier alpha value is 0.390. The minimum Gasteiger partial charge on any atom is -0.314 e. The van der Waals surface area contributed by atoms with E-state index < -0.39 is 0 Å². The van der Waals surface area contributed by atoms with E-state index in [1.165, 1.54) is 0 Å². The van der Waals surface area contributed by atoms with Crippen molar-refractivity contribution in [2.75, 3.05) is 13.2 Å². The predicted molar refractivity (Wildman–Crippen MR) is 37.7 cm³/mol. The highest BCUT2D eigenvalue weighted by molar-refractivity contribution is 7.16. The zero-order valence-corrected chi connectivity index (χ0v) is 6.44.